The van der Waals surface area contributed by atoms with Crippen LogP contribution in [-0.4, -0.2) is 42.2 Å². The Kier molecular flexibility index (Phi) is 26.4. The Labute approximate surface area is 234 Å². The van der Waals surface area contributed by atoms with Gasteiger partial charge < -0.3 is 24.5 Å². The second kappa shape index (κ2) is 23.5. The predicted octanol–water partition coefficient (Wildman–Crippen LogP) is -3.58. The number of allylic oxidation sites excluding steroid dienone is 4. The van der Waals surface area contributed by atoms with Crippen LogP contribution in [0.1, 0.15) is 65.2 Å². The summed E-state index contributed by atoms with van der Waals surface area (Å²) in [5, 5.41) is 20.3. The fraction of sp³-hybridized carbons (Fsp3) is 0.636. The van der Waals surface area contributed by atoms with Gasteiger partial charge in [-0.1, -0.05) is 51.0 Å². The SMILES string of the molecule is CCC/C=C/CC(CC(=O)OCCOC(=O)CC(C/C=C/CCC)C(=O)O)C(=O)[O-].[Na+].[Na+]. The van der Waals surface area contributed by atoms with E-state index in [1.165, 1.54) is 0 Å². The van der Waals surface area contributed by atoms with Crippen LogP contribution in [0.4, 0.5) is 0 Å². The Hall–Kier alpha value is -0.640. The number of esters is 2. The van der Waals surface area contributed by atoms with Gasteiger partial charge in [-0.25, -0.2) is 0 Å². The smallest absolute Gasteiger partial charge is 0.550 e. The van der Waals surface area contributed by atoms with Gasteiger partial charge in [0.2, 0.25) is 0 Å². The van der Waals surface area contributed by atoms with Crippen LogP contribution in [0, 0.1) is 11.8 Å². The molecule has 2 unspecified atom stereocenters. The number of ether oxygens (including phenoxy) is 2. The molecule has 0 rings (SSSR count). The molecule has 0 saturated heterocycles. The summed E-state index contributed by atoms with van der Waals surface area (Å²) >= 11 is 0. The van der Waals surface area contributed by atoms with Gasteiger partial charge in [-0.3, -0.25) is 14.4 Å². The minimum Gasteiger partial charge on any atom is -0.550 e. The van der Waals surface area contributed by atoms with Crippen molar-refractivity contribution in [2.45, 2.75) is 65.2 Å². The molecule has 0 radical (unpaired) electrons. The van der Waals surface area contributed by atoms with Crippen molar-refractivity contribution in [1.82, 2.24) is 0 Å². The molecular weight excluding hydrogens is 438 g/mol. The minimum absolute atomic E-state index is 0. The summed E-state index contributed by atoms with van der Waals surface area (Å²) in [6.07, 6.45) is 10.5. The van der Waals surface area contributed by atoms with Gasteiger partial charge in [0.1, 0.15) is 13.2 Å². The average molecular weight is 471 g/mol. The molecule has 0 saturated carbocycles. The molecular formula is C22H33Na2O8+. The summed E-state index contributed by atoms with van der Waals surface area (Å²) in [5.74, 6) is -5.69. The predicted molar refractivity (Wildman–Crippen MR) is 108 cm³/mol. The van der Waals surface area contributed by atoms with Crippen molar-refractivity contribution in [2.24, 2.45) is 11.8 Å². The fourth-order valence-corrected chi connectivity index (χ4v) is 2.46. The van der Waals surface area contributed by atoms with Gasteiger partial charge in [0, 0.05) is 11.9 Å². The summed E-state index contributed by atoms with van der Waals surface area (Å²) in [5.41, 5.74) is 0. The van der Waals surface area contributed by atoms with E-state index in [1.807, 2.05) is 26.0 Å². The first-order chi connectivity index (χ1) is 14.3. The van der Waals surface area contributed by atoms with E-state index in [4.69, 9.17) is 9.47 Å². The summed E-state index contributed by atoms with van der Waals surface area (Å²) in [7, 11) is 0. The second-order valence-corrected chi connectivity index (χ2v) is 6.89. The normalized spacial score (nSPS) is 12.4. The van der Waals surface area contributed by atoms with Crippen LogP contribution in [0.15, 0.2) is 24.3 Å². The number of carbonyl (C=O) groups excluding carboxylic acids is 3. The molecule has 32 heavy (non-hydrogen) atoms. The van der Waals surface area contributed by atoms with Crippen LogP contribution in [0.2, 0.25) is 0 Å². The third-order valence-electron chi connectivity index (χ3n) is 4.20. The van der Waals surface area contributed by atoms with E-state index in [1.54, 1.807) is 12.2 Å². The first-order valence-electron chi connectivity index (χ1n) is 10.4. The Bertz CT molecular complexity index is 553. The average Bonchev–Trinajstić information content (AvgIpc) is 2.69. The van der Waals surface area contributed by atoms with Gasteiger partial charge in [0.25, 0.3) is 0 Å². The monoisotopic (exact) mass is 471 g/mol. The topological polar surface area (TPSA) is 130 Å². The molecule has 2 atom stereocenters. The van der Waals surface area contributed by atoms with Crippen molar-refractivity contribution in [3.05, 3.63) is 24.3 Å². The number of carboxylic acids is 2. The summed E-state index contributed by atoms with van der Waals surface area (Å²) in [6, 6.07) is 0. The van der Waals surface area contributed by atoms with Crippen LogP contribution >= 0.6 is 0 Å². The third kappa shape index (κ3) is 20.0. The number of rotatable bonds is 17. The van der Waals surface area contributed by atoms with Crippen molar-refractivity contribution >= 4 is 23.9 Å². The molecule has 0 aromatic carbocycles. The Morgan fingerprint density at radius 2 is 1.19 bits per heavy atom. The zero-order valence-electron chi connectivity index (χ0n) is 19.8. The zero-order chi connectivity index (χ0) is 22.8. The molecule has 0 aromatic rings. The largest absolute Gasteiger partial charge is 1.00 e. The second-order valence-electron chi connectivity index (χ2n) is 6.89. The van der Waals surface area contributed by atoms with Crippen molar-refractivity contribution in [3.8, 4) is 0 Å². The standard InChI is InChI=1S/C22H34O8.2Na/c1-3-5-7-9-11-17(21(25)26)15-19(23)29-13-14-30-20(24)16-18(22(27)28)12-10-8-6-4-2;;/h7-10,17-18H,3-6,11-16H2,1-2H3,(H,25,26)(H,27,28);;/q;2*+1/p-1/b9-7+,10-8+;;. The molecule has 170 valence electrons. The van der Waals surface area contributed by atoms with Crippen LogP contribution in [0.3, 0.4) is 0 Å². The molecule has 10 heteroatoms. The zero-order valence-corrected chi connectivity index (χ0v) is 23.8. The van der Waals surface area contributed by atoms with Gasteiger partial charge in [-0.05, 0) is 25.7 Å². The van der Waals surface area contributed by atoms with Gasteiger partial charge in [-0.15, -0.1) is 0 Å². The van der Waals surface area contributed by atoms with E-state index in [0.29, 0.717) is 0 Å². The van der Waals surface area contributed by atoms with Gasteiger partial charge in [0.05, 0.1) is 18.8 Å². The molecule has 0 aliphatic heterocycles. The van der Waals surface area contributed by atoms with E-state index in [9.17, 15) is 29.4 Å². The maximum absolute atomic E-state index is 11.8. The van der Waals surface area contributed by atoms with Crippen molar-refractivity contribution in [1.29, 1.82) is 0 Å². The number of carbonyl (C=O) groups is 4. The molecule has 0 bridgehead atoms. The van der Waals surface area contributed by atoms with Crippen molar-refractivity contribution < 1.29 is 98.0 Å². The maximum atomic E-state index is 11.8. The third-order valence-corrected chi connectivity index (χ3v) is 4.20. The number of unbranched alkanes of at least 4 members (excludes halogenated alkanes) is 2. The van der Waals surface area contributed by atoms with Crippen LogP contribution < -0.4 is 64.2 Å². The van der Waals surface area contributed by atoms with Crippen molar-refractivity contribution in [2.75, 3.05) is 13.2 Å². The molecule has 1 N–H and O–H groups in total. The van der Waals surface area contributed by atoms with E-state index in [0.717, 1.165) is 25.7 Å². The quantitative estimate of drug-likeness (QED) is 0.0998. The first kappa shape index (κ1) is 35.9. The Balaban J connectivity index is -0.00000420. The molecule has 0 heterocycles. The van der Waals surface area contributed by atoms with E-state index in [2.05, 4.69) is 0 Å². The number of carboxylic acid groups (broad SMARTS) is 2. The molecule has 0 aliphatic rings. The first-order valence-corrected chi connectivity index (χ1v) is 10.4. The number of hydrogen-bond acceptors (Lipinski definition) is 7. The minimum atomic E-state index is -1.33. The van der Waals surface area contributed by atoms with Crippen LogP contribution in [-0.2, 0) is 28.7 Å². The molecule has 0 aromatic heterocycles. The summed E-state index contributed by atoms with van der Waals surface area (Å²) in [6.45, 7) is 3.54. The molecule has 0 fully saturated rings. The summed E-state index contributed by atoms with van der Waals surface area (Å²) in [4.78, 5) is 45.9. The Morgan fingerprint density at radius 1 is 0.781 bits per heavy atom. The molecule has 0 aliphatic carbocycles. The molecule has 0 amide bonds. The number of hydrogen-bond donors (Lipinski definition) is 1. The van der Waals surface area contributed by atoms with Gasteiger partial charge in [0.15, 0.2) is 0 Å². The molecule has 0 spiro atoms. The van der Waals surface area contributed by atoms with Crippen LogP contribution in [0.5, 0.6) is 0 Å². The Morgan fingerprint density at radius 3 is 1.56 bits per heavy atom. The van der Waals surface area contributed by atoms with E-state index < -0.39 is 35.7 Å². The summed E-state index contributed by atoms with van der Waals surface area (Å²) < 4.78 is 9.79. The fourth-order valence-electron chi connectivity index (χ4n) is 2.46. The van der Waals surface area contributed by atoms with E-state index >= 15 is 0 Å². The van der Waals surface area contributed by atoms with Gasteiger partial charge in [-0.2, -0.15) is 0 Å². The van der Waals surface area contributed by atoms with Crippen molar-refractivity contribution in [3.63, 3.8) is 0 Å². The van der Waals surface area contributed by atoms with E-state index in [-0.39, 0.29) is 98.0 Å². The number of aliphatic carboxylic acids is 2. The molecule has 8 nitrogen and oxygen atoms in total. The maximum Gasteiger partial charge on any atom is 1.00 e. The van der Waals surface area contributed by atoms with Crippen LogP contribution in [0.25, 0.3) is 0 Å². The van der Waals surface area contributed by atoms with Gasteiger partial charge >= 0.3 is 77.0 Å².